The number of piperazine rings is 1. The molecule has 0 bridgehead atoms. The highest BCUT2D eigenvalue weighted by Crippen LogP contribution is 2.17. The van der Waals surface area contributed by atoms with Crippen LogP contribution >= 0.6 is 11.3 Å². The molecule has 142 valence electrons. The second-order valence-electron chi connectivity index (χ2n) is 6.90. The third kappa shape index (κ3) is 5.28. The monoisotopic (exact) mass is 384 g/mol. The number of nitrogens with one attached hydrogen (secondary N) is 2. The summed E-state index contributed by atoms with van der Waals surface area (Å²) in [5.74, 6) is 0.0679. The van der Waals surface area contributed by atoms with E-state index in [4.69, 9.17) is 0 Å². The fraction of sp³-hybridized carbons (Fsp3) is 0.333. The lowest BCUT2D eigenvalue weighted by atomic mass is 10.1. The number of carbonyl (C=O) groups is 2. The lowest BCUT2D eigenvalue weighted by molar-refractivity contribution is -0.895. The Morgan fingerprint density at radius 1 is 1.19 bits per heavy atom. The van der Waals surface area contributed by atoms with Gasteiger partial charge in [0.2, 0.25) is 5.91 Å². The summed E-state index contributed by atoms with van der Waals surface area (Å²) in [6.07, 6.45) is 3.51. The molecule has 0 saturated carbocycles. The topological polar surface area (TPSA) is 53.9 Å². The van der Waals surface area contributed by atoms with E-state index in [1.54, 1.807) is 17.4 Å². The molecule has 0 spiro atoms. The van der Waals surface area contributed by atoms with Crippen molar-refractivity contribution >= 4 is 34.9 Å². The molecule has 0 aliphatic carbocycles. The molecule has 2 N–H and O–H groups in total. The van der Waals surface area contributed by atoms with Crippen LogP contribution in [-0.4, -0.2) is 49.4 Å². The van der Waals surface area contributed by atoms with E-state index in [0.29, 0.717) is 19.6 Å². The minimum Gasteiger partial charge on any atom is -0.328 e. The highest BCUT2D eigenvalue weighted by atomic mass is 32.1. The molecule has 27 heavy (non-hydrogen) atoms. The molecule has 1 aliphatic rings. The summed E-state index contributed by atoms with van der Waals surface area (Å²) >= 11 is 1.62. The molecule has 5 nitrogen and oxygen atoms in total. The lowest BCUT2D eigenvalue weighted by Gasteiger charge is -2.31. The van der Waals surface area contributed by atoms with Gasteiger partial charge in [-0.25, -0.2) is 0 Å². The van der Waals surface area contributed by atoms with Crippen LogP contribution in [0.4, 0.5) is 5.69 Å². The summed E-state index contributed by atoms with van der Waals surface area (Å²) in [5, 5.41) is 5.01. The average Bonchev–Trinajstić information content (AvgIpc) is 3.18. The number of nitrogens with zero attached hydrogens (tertiary/aromatic N) is 1. The predicted octanol–water partition coefficient (Wildman–Crippen LogP) is 1.74. The summed E-state index contributed by atoms with van der Waals surface area (Å²) in [6, 6.07) is 9.90. The van der Waals surface area contributed by atoms with Crippen molar-refractivity contribution in [3.8, 4) is 0 Å². The molecule has 1 saturated heterocycles. The molecule has 2 amide bonds. The van der Waals surface area contributed by atoms with E-state index in [1.807, 2.05) is 60.5 Å². The molecule has 1 aromatic carbocycles. The Morgan fingerprint density at radius 2 is 1.96 bits per heavy atom. The molecule has 1 aromatic heterocycles. The number of benzene rings is 1. The second-order valence-corrected chi connectivity index (χ2v) is 7.88. The lowest BCUT2D eigenvalue weighted by Crippen LogP contribution is -3.15. The number of carbonyl (C=O) groups excluding carboxylic acids is 2. The maximum Gasteiger partial charge on any atom is 0.279 e. The van der Waals surface area contributed by atoms with Crippen molar-refractivity contribution in [1.82, 2.24) is 4.90 Å². The molecule has 2 heterocycles. The van der Waals surface area contributed by atoms with Crippen molar-refractivity contribution in [2.24, 2.45) is 0 Å². The zero-order valence-electron chi connectivity index (χ0n) is 15.8. The number of rotatable bonds is 5. The molecule has 2 aromatic rings. The summed E-state index contributed by atoms with van der Waals surface area (Å²) in [7, 11) is 0. The Kier molecular flexibility index (Phi) is 6.42. The standard InChI is InChI=1S/C21H25N3O2S/c1-16-5-3-7-19(17(16)2)22-20(25)15-23-10-12-24(13-11-23)21(26)9-8-18-6-4-14-27-18/h3-9,14H,10-13,15H2,1-2H3,(H,22,25)/p+1/b9-8+. The third-order valence-electron chi connectivity index (χ3n) is 5.00. The van der Waals surface area contributed by atoms with Crippen LogP contribution in [-0.2, 0) is 9.59 Å². The van der Waals surface area contributed by atoms with Crippen LogP contribution in [0.2, 0.25) is 0 Å². The van der Waals surface area contributed by atoms with Crippen LogP contribution in [0.1, 0.15) is 16.0 Å². The van der Waals surface area contributed by atoms with Crippen LogP contribution in [0.5, 0.6) is 0 Å². The van der Waals surface area contributed by atoms with Gasteiger partial charge in [0.05, 0.1) is 26.2 Å². The zero-order valence-corrected chi connectivity index (χ0v) is 16.6. The molecular formula is C21H26N3O2S+. The zero-order chi connectivity index (χ0) is 19.2. The van der Waals surface area contributed by atoms with Crippen molar-refractivity contribution in [3.63, 3.8) is 0 Å². The summed E-state index contributed by atoms with van der Waals surface area (Å²) in [5.41, 5.74) is 3.16. The minimum atomic E-state index is 0.0241. The van der Waals surface area contributed by atoms with Crippen molar-refractivity contribution in [2.75, 3.05) is 38.0 Å². The van der Waals surface area contributed by atoms with Crippen LogP contribution in [0.3, 0.4) is 0 Å². The van der Waals surface area contributed by atoms with Gasteiger partial charge >= 0.3 is 0 Å². The number of amides is 2. The van der Waals surface area contributed by atoms with E-state index in [9.17, 15) is 9.59 Å². The van der Waals surface area contributed by atoms with Crippen LogP contribution < -0.4 is 10.2 Å². The number of hydrogen-bond donors (Lipinski definition) is 2. The molecule has 0 radical (unpaired) electrons. The number of quaternary nitrogens is 1. The first-order valence-corrected chi connectivity index (χ1v) is 10.1. The van der Waals surface area contributed by atoms with E-state index >= 15 is 0 Å². The molecular weight excluding hydrogens is 358 g/mol. The summed E-state index contributed by atoms with van der Waals surface area (Å²) in [6.45, 7) is 7.43. The fourth-order valence-electron chi connectivity index (χ4n) is 3.17. The molecule has 1 fully saturated rings. The van der Waals surface area contributed by atoms with Gasteiger partial charge in [-0.1, -0.05) is 18.2 Å². The first-order valence-electron chi connectivity index (χ1n) is 9.23. The van der Waals surface area contributed by atoms with Crippen molar-refractivity contribution < 1.29 is 14.5 Å². The second kappa shape index (κ2) is 8.97. The van der Waals surface area contributed by atoms with Gasteiger partial charge in [-0.15, -0.1) is 11.3 Å². The van der Waals surface area contributed by atoms with E-state index in [1.165, 1.54) is 10.5 Å². The number of aryl methyl sites for hydroxylation is 1. The maximum absolute atomic E-state index is 12.4. The Balaban J connectivity index is 1.45. The third-order valence-corrected chi connectivity index (χ3v) is 5.84. The van der Waals surface area contributed by atoms with Gasteiger partial charge in [-0.2, -0.15) is 0 Å². The maximum atomic E-state index is 12.4. The van der Waals surface area contributed by atoms with Gasteiger partial charge in [-0.3, -0.25) is 9.59 Å². The SMILES string of the molecule is Cc1cccc(NC(=O)C[NH+]2CCN(C(=O)/C=C/c3cccs3)CC2)c1C. The summed E-state index contributed by atoms with van der Waals surface area (Å²) < 4.78 is 0. The predicted molar refractivity (Wildman–Crippen MR) is 110 cm³/mol. The van der Waals surface area contributed by atoms with Gasteiger partial charge in [0.1, 0.15) is 0 Å². The molecule has 0 atom stereocenters. The van der Waals surface area contributed by atoms with Crippen molar-refractivity contribution in [2.45, 2.75) is 13.8 Å². The Labute approximate surface area is 164 Å². The van der Waals surface area contributed by atoms with Gasteiger partial charge in [0.15, 0.2) is 6.54 Å². The highest BCUT2D eigenvalue weighted by molar-refractivity contribution is 7.10. The van der Waals surface area contributed by atoms with Crippen molar-refractivity contribution in [3.05, 3.63) is 57.8 Å². The number of hydrogen-bond acceptors (Lipinski definition) is 3. The van der Waals surface area contributed by atoms with Gasteiger partial charge in [-0.05, 0) is 48.6 Å². The normalized spacial score (nSPS) is 15.3. The average molecular weight is 385 g/mol. The smallest absolute Gasteiger partial charge is 0.279 e. The molecule has 6 heteroatoms. The van der Waals surface area contributed by atoms with E-state index in [0.717, 1.165) is 29.2 Å². The van der Waals surface area contributed by atoms with E-state index < -0.39 is 0 Å². The van der Waals surface area contributed by atoms with Gasteiger partial charge < -0.3 is 15.1 Å². The Bertz CT molecular complexity index is 822. The highest BCUT2D eigenvalue weighted by Gasteiger charge is 2.24. The number of anilines is 1. The minimum absolute atomic E-state index is 0.0241. The number of thiophene rings is 1. The summed E-state index contributed by atoms with van der Waals surface area (Å²) in [4.78, 5) is 28.8. The van der Waals surface area contributed by atoms with E-state index in [-0.39, 0.29) is 11.8 Å². The first-order chi connectivity index (χ1) is 13.0. The Hall–Kier alpha value is -2.44. The molecule has 3 rings (SSSR count). The van der Waals surface area contributed by atoms with E-state index in [2.05, 4.69) is 5.32 Å². The fourth-order valence-corrected chi connectivity index (χ4v) is 3.79. The molecule has 1 aliphatic heterocycles. The van der Waals surface area contributed by atoms with Crippen LogP contribution in [0.25, 0.3) is 6.08 Å². The molecule has 0 unspecified atom stereocenters. The largest absolute Gasteiger partial charge is 0.328 e. The van der Waals surface area contributed by atoms with Crippen LogP contribution in [0.15, 0.2) is 41.8 Å². The Morgan fingerprint density at radius 3 is 2.67 bits per heavy atom. The quantitative estimate of drug-likeness (QED) is 0.772. The first kappa shape index (κ1) is 19.3. The van der Waals surface area contributed by atoms with Gasteiger partial charge in [0.25, 0.3) is 5.91 Å². The van der Waals surface area contributed by atoms with Crippen LogP contribution in [0, 0.1) is 13.8 Å². The van der Waals surface area contributed by atoms with Gasteiger partial charge in [0, 0.05) is 16.6 Å². The van der Waals surface area contributed by atoms with Crippen molar-refractivity contribution in [1.29, 1.82) is 0 Å².